The zero-order chi connectivity index (χ0) is 13.2. The molecule has 18 heavy (non-hydrogen) atoms. The Morgan fingerprint density at radius 2 is 1.83 bits per heavy atom. The maximum Gasteiger partial charge on any atom is 0.131 e. The van der Waals surface area contributed by atoms with Gasteiger partial charge in [0.15, 0.2) is 0 Å². The molecular weight excluding hydrogens is 228 g/mol. The van der Waals surface area contributed by atoms with Crippen LogP contribution in [-0.4, -0.2) is 36.8 Å². The second-order valence-electron chi connectivity index (χ2n) is 4.67. The molecule has 0 atom stereocenters. The minimum Gasteiger partial charge on any atom is -0.385 e. The van der Waals surface area contributed by atoms with Crippen molar-refractivity contribution >= 4 is 11.6 Å². The summed E-state index contributed by atoms with van der Waals surface area (Å²) >= 11 is 0. The molecule has 0 aromatic carbocycles. The molecule has 1 rings (SSSR count). The fourth-order valence-electron chi connectivity index (χ4n) is 1.47. The average Bonchev–Trinajstić information content (AvgIpc) is 2.35. The van der Waals surface area contributed by atoms with Gasteiger partial charge >= 0.3 is 0 Å². The highest BCUT2D eigenvalue weighted by Crippen LogP contribution is 2.09. The molecule has 2 N–H and O–H groups in total. The maximum atomic E-state index is 4.99. The largest absolute Gasteiger partial charge is 0.385 e. The van der Waals surface area contributed by atoms with Crippen LogP contribution in [0.3, 0.4) is 0 Å². The lowest BCUT2D eigenvalue weighted by Gasteiger charge is -2.09. The summed E-state index contributed by atoms with van der Waals surface area (Å²) < 4.78 is 4.99. The van der Waals surface area contributed by atoms with E-state index >= 15 is 0 Å². The molecule has 1 aromatic heterocycles. The van der Waals surface area contributed by atoms with Crippen molar-refractivity contribution in [1.82, 2.24) is 9.97 Å². The van der Waals surface area contributed by atoms with Gasteiger partial charge in [-0.15, -0.1) is 0 Å². The van der Waals surface area contributed by atoms with Gasteiger partial charge in [-0.1, -0.05) is 13.8 Å². The Morgan fingerprint density at radius 3 is 2.44 bits per heavy atom. The monoisotopic (exact) mass is 252 g/mol. The fourth-order valence-corrected chi connectivity index (χ4v) is 1.47. The van der Waals surface area contributed by atoms with Crippen LogP contribution in [0.4, 0.5) is 11.6 Å². The quantitative estimate of drug-likeness (QED) is 0.661. The number of aromatic nitrogens is 2. The van der Waals surface area contributed by atoms with Gasteiger partial charge in [0.2, 0.25) is 0 Å². The topological polar surface area (TPSA) is 59.1 Å². The standard InChI is InChI=1S/C13H24N4O/c1-11(2)5-7-15-13-9-12(16-10-17-13)14-6-4-8-18-3/h9-11H,4-8H2,1-3H3,(H2,14,15,16,17). The summed E-state index contributed by atoms with van der Waals surface area (Å²) in [5.41, 5.74) is 0. The Morgan fingerprint density at radius 1 is 1.17 bits per heavy atom. The Bertz CT molecular complexity index is 331. The third-order valence-electron chi connectivity index (χ3n) is 2.53. The highest BCUT2D eigenvalue weighted by atomic mass is 16.5. The number of hydrogen-bond acceptors (Lipinski definition) is 5. The molecule has 1 heterocycles. The zero-order valence-corrected chi connectivity index (χ0v) is 11.6. The Labute approximate surface area is 109 Å². The lowest BCUT2D eigenvalue weighted by atomic mass is 10.1. The van der Waals surface area contributed by atoms with Crippen molar-refractivity contribution in [3.63, 3.8) is 0 Å². The van der Waals surface area contributed by atoms with Gasteiger partial charge in [0.25, 0.3) is 0 Å². The van der Waals surface area contributed by atoms with E-state index in [1.165, 1.54) is 0 Å². The molecule has 102 valence electrons. The summed E-state index contributed by atoms with van der Waals surface area (Å²) in [5, 5.41) is 6.55. The Kier molecular flexibility index (Phi) is 7.10. The molecule has 0 aliphatic heterocycles. The second-order valence-corrected chi connectivity index (χ2v) is 4.67. The van der Waals surface area contributed by atoms with Gasteiger partial charge in [-0.2, -0.15) is 0 Å². The van der Waals surface area contributed by atoms with Gasteiger partial charge < -0.3 is 15.4 Å². The van der Waals surface area contributed by atoms with Crippen molar-refractivity contribution in [2.24, 2.45) is 5.92 Å². The normalized spacial score (nSPS) is 10.7. The number of methoxy groups -OCH3 is 1. The van der Waals surface area contributed by atoms with Crippen LogP contribution in [0.1, 0.15) is 26.7 Å². The van der Waals surface area contributed by atoms with Crippen LogP contribution in [-0.2, 0) is 4.74 Å². The fraction of sp³-hybridized carbons (Fsp3) is 0.692. The molecule has 5 heteroatoms. The van der Waals surface area contributed by atoms with Crippen LogP contribution in [0.25, 0.3) is 0 Å². The lowest BCUT2D eigenvalue weighted by Crippen LogP contribution is -2.09. The summed E-state index contributed by atoms with van der Waals surface area (Å²) in [5.74, 6) is 2.43. The van der Waals surface area contributed by atoms with Gasteiger partial charge in [-0.25, -0.2) is 9.97 Å². The lowest BCUT2D eigenvalue weighted by molar-refractivity contribution is 0.198. The predicted molar refractivity (Wildman–Crippen MR) is 75.0 cm³/mol. The molecule has 0 fully saturated rings. The Balaban J connectivity index is 2.32. The van der Waals surface area contributed by atoms with Crippen molar-refractivity contribution in [2.75, 3.05) is 37.4 Å². The van der Waals surface area contributed by atoms with E-state index < -0.39 is 0 Å². The summed E-state index contributed by atoms with van der Waals surface area (Å²) in [7, 11) is 1.71. The predicted octanol–water partition coefficient (Wildman–Crippen LogP) is 2.38. The van der Waals surface area contributed by atoms with Crippen LogP contribution in [0.15, 0.2) is 12.4 Å². The van der Waals surface area contributed by atoms with E-state index in [4.69, 9.17) is 4.74 Å². The number of ether oxygens (including phenoxy) is 1. The highest BCUT2D eigenvalue weighted by Gasteiger charge is 1.99. The SMILES string of the molecule is COCCCNc1cc(NCCC(C)C)ncn1. The van der Waals surface area contributed by atoms with E-state index in [9.17, 15) is 0 Å². The summed E-state index contributed by atoms with van der Waals surface area (Å²) in [6.07, 6.45) is 3.69. The molecule has 0 unspecified atom stereocenters. The van der Waals surface area contributed by atoms with E-state index in [1.54, 1.807) is 13.4 Å². The summed E-state index contributed by atoms with van der Waals surface area (Å²) in [4.78, 5) is 8.37. The number of hydrogen-bond donors (Lipinski definition) is 2. The van der Waals surface area contributed by atoms with E-state index in [0.29, 0.717) is 5.92 Å². The van der Waals surface area contributed by atoms with Crippen LogP contribution in [0, 0.1) is 5.92 Å². The third-order valence-corrected chi connectivity index (χ3v) is 2.53. The van der Waals surface area contributed by atoms with Crippen LogP contribution >= 0.6 is 0 Å². The summed E-state index contributed by atoms with van der Waals surface area (Å²) in [6, 6.07) is 1.94. The molecule has 0 saturated carbocycles. The third kappa shape index (κ3) is 6.39. The highest BCUT2D eigenvalue weighted by molar-refractivity contribution is 5.46. The zero-order valence-electron chi connectivity index (χ0n) is 11.6. The minimum atomic E-state index is 0.700. The number of rotatable bonds is 9. The minimum absolute atomic E-state index is 0.700. The molecule has 0 saturated heterocycles. The van der Waals surface area contributed by atoms with Crippen LogP contribution in [0.2, 0.25) is 0 Å². The molecule has 0 aliphatic rings. The first-order valence-electron chi connectivity index (χ1n) is 6.51. The number of anilines is 2. The maximum absolute atomic E-state index is 4.99. The number of nitrogens with one attached hydrogen (secondary N) is 2. The molecule has 5 nitrogen and oxygen atoms in total. The van der Waals surface area contributed by atoms with E-state index in [2.05, 4.69) is 34.4 Å². The smallest absolute Gasteiger partial charge is 0.131 e. The first-order valence-corrected chi connectivity index (χ1v) is 6.51. The van der Waals surface area contributed by atoms with Gasteiger partial charge in [-0.05, 0) is 18.8 Å². The van der Waals surface area contributed by atoms with Crippen molar-refractivity contribution in [2.45, 2.75) is 26.7 Å². The second kappa shape index (κ2) is 8.69. The van der Waals surface area contributed by atoms with Crippen molar-refractivity contribution in [3.05, 3.63) is 12.4 Å². The van der Waals surface area contributed by atoms with Crippen LogP contribution in [0.5, 0.6) is 0 Å². The van der Waals surface area contributed by atoms with Gasteiger partial charge in [0, 0.05) is 32.9 Å². The van der Waals surface area contributed by atoms with E-state index in [0.717, 1.165) is 44.2 Å². The molecule has 0 aliphatic carbocycles. The summed E-state index contributed by atoms with van der Waals surface area (Å²) in [6.45, 7) is 6.99. The van der Waals surface area contributed by atoms with Crippen molar-refractivity contribution in [3.8, 4) is 0 Å². The van der Waals surface area contributed by atoms with Crippen LogP contribution < -0.4 is 10.6 Å². The average molecular weight is 252 g/mol. The Hall–Kier alpha value is -1.36. The first kappa shape index (κ1) is 14.7. The molecule has 0 spiro atoms. The number of nitrogens with zero attached hydrogens (tertiary/aromatic N) is 2. The first-order chi connectivity index (χ1) is 8.72. The molecule has 0 bridgehead atoms. The van der Waals surface area contributed by atoms with E-state index in [-0.39, 0.29) is 0 Å². The van der Waals surface area contributed by atoms with Crippen molar-refractivity contribution in [1.29, 1.82) is 0 Å². The van der Waals surface area contributed by atoms with Gasteiger partial charge in [-0.3, -0.25) is 0 Å². The van der Waals surface area contributed by atoms with E-state index in [1.807, 2.05) is 6.07 Å². The van der Waals surface area contributed by atoms with Gasteiger partial charge in [0.1, 0.15) is 18.0 Å². The van der Waals surface area contributed by atoms with Gasteiger partial charge in [0.05, 0.1) is 0 Å². The molecule has 0 radical (unpaired) electrons. The molecule has 0 amide bonds. The molecular formula is C13H24N4O. The molecule has 1 aromatic rings. The van der Waals surface area contributed by atoms with Crippen molar-refractivity contribution < 1.29 is 4.74 Å².